The summed E-state index contributed by atoms with van der Waals surface area (Å²) in [6.07, 6.45) is 4.82. The number of morpholine rings is 1. The Morgan fingerprint density at radius 1 is 1.21 bits per heavy atom. The van der Waals surface area contributed by atoms with Crippen molar-refractivity contribution in [1.82, 2.24) is 19.6 Å². The summed E-state index contributed by atoms with van der Waals surface area (Å²) in [5.41, 5.74) is -1.09. The maximum absolute atomic E-state index is 14.5. The third-order valence-corrected chi connectivity index (χ3v) is 9.33. The molecule has 10 nitrogen and oxygen atoms in total. The van der Waals surface area contributed by atoms with Crippen molar-refractivity contribution < 1.29 is 29.0 Å². The first-order chi connectivity index (χ1) is 18.7. The maximum Gasteiger partial charge on any atom is 0.248 e. The molecule has 0 saturated carbocycles. The molecule has 4 heterocycles. The van der Waals surface area contributed by atoms with Gasteiger partial charge in [0.25, 0.3) is 0 Å². The molecule has 0 aliphatic carbocycles. The Morgan fingerprint density at radius 2 is 1.90 bits per heavy atom. The number of aliphatic hydroxyl groups is 1. The molecule has 39 heavy (non-hydrogen) atoms. The molecule has 218 valence electrons. The molecular weight excluding hydrogens is 500 g/mol. The fraction of sp³-hybridized carbons (Fsp3) is 0.759. The van der Waals surface area contributed by atoms with Crippen molar-refractivity contribution in [2.75, 3.05) is 66.1 Å². The second-order valence-electron chi connectivity index (χ2n) is 11.5. The van der Waals surface area contributed by atoms with E-state index in [0.717, 1.165) is 19.5 Å². The van der Waals surface area contributed by atoms with Crippen molar-refractivity contribution >= 4 is 17.7 Å². The van der Waals surface area contributed by atoms with Crippen molar-refractivity contribution in [2.24, 2.45) is 17.8 Å². The summed E-state index contributed by atoms with van der Waals surface area (Å²) in [7, 11) is 1.70. The van der Waals surface area contributed by atoms with Crippen molar-refractivity contribution in [3.63, 3.8) is 0 Å². The highest BCUT2D eigenvalue weighted by molar-refractivity contribution is 5.99. The van der Waals surface area contributed by atoms with Crippen molar-refractivity contribution in [1.29, 1.82) is 0 Å². The Bertz CT molecular complexity index is 939. The number of aliphatic hydroxyl groups excluding tert-OH is 1. The average Bonchev–Trinajstić information content (AvgIpc) is 3.59. The van der Waals surface area contributed by atoms with E-state index >= 15 is 0 Å². The second-order valence-corrected chi connectivity index (χ2v) is 11.5. The van der Waals surface area contributed by atoms with Crippen LogP contribution in [0, 0.1) is 17.8 Å². The number of rotatable bonds is 13. The standard InChI is InChI=1S/C29H46N4O6/c1-6-11-30(5)26(35)23-22-9-10-29(39-22)24(23)27(36)33(21(19-34)20(4)8-3)25(29)28(37)32(12-7-2)14-13-31-15-17-38-18-16-31/h6-7,20-25,34H,1-2,8-19H2,3-5H3/t20-,21-,22+,23-,24-,25?,29?/m0/s1. The first kappa shape index (κ1) is 29.7. The Morgan fingerprint density at radius 3 is 2.51 bits per heavy atom. The molecule has 1 spiro atoms. The SMILES string of the molecule is C=CCN(C)C(=O)[C@@H]1[C@H]2C(=O)N([C@@H](CO)[C@@H](C)CC)C(C(=O)N(CC=C)CCN3CCOCC3)C23CC[C@H]1O3. The summed E-state index contributed by atoms with van der Waals surface area (Å²) in [5.74, 6) is -2.07. The Kier molecular flexibility index (Phi) is 9.52. The Labute approximate surface area is 232 Å². The second kappa shape index (κ2) is 12.5. The number of carbonyl (C=O) groups is 3. The smallest absolute Gasteiger partial charge is 0.248 e. The summed E-state index contributed by atoms with van der Waals surface area (Å²) in [6, 6.07) is -1.45. The first-order valence-corrected chi connectivity index (χ1v) is 14.4. The summed E-state index contributed by atoms with van der Waals surface area (Å²) in [5, 5.41) is 10.5. The molecule has 4 rings (SSSR count). The zero-order chi connectivity index (χ0) is 28.3. The molecule has 10 heteroatoms. The van der Waals surface area contributed by atoms with E-state index < -0.39 is 35.6 Å². The van der Waals surface area contributed by atoms with Crippen LogP contribution in [0.3, 0.4) is 0 Å². The van der Waals surface area contributed by atoms with Gasteiger partial charge in [0.15, 0.2) is 0 Å². The molecule has 4 aliphatic rings. The number of ether oxygens (including phenoxy) is 2. The van der Waals surface area contributed by atoms with Crippen LogP contribution < -0.4 is 0 Å². The molecule has 4 fully saturated rings. The van der Waals surface area contributed by atoms with E-state index in [1.807, 2.05) is 13.8 Å². The molecule has 2 unspecified atom stereocenters. The lowest BCUT2D eigenvalue weighted by molar-refractivity contribution is -0.153. The van der Waals surface area contributed by atoms with Gasteiger partial charge in [0.05, 0.1) is 43.8 Å². The molecule has 2 bridgehead atoms. The number of hydrogen-bond acceptors (Lipinski definition) is 7. The third-order valence-electron chi connectivity index (χ3n) is 9.33. The zero-order valence-electron chi connectivity index (χ0n) is 23.8. The third kappa shape index (κ3) is 5.28. The van der Waals surface area contributed by atoms with Crippen molar-refractivity contribution in [3.8, 4) is 0 Å². The van der Waals surface area contributed by atoms with Crippen LogP contribution in [0.1, 0.15) is 33.1 Å². The van der Waals surface area contributed by atoms with E-state index in [9.17, 15) is 19.5 Å². The summed E-state index contributed by atoms with van der Waals surface area (Å²) in [4.78, 5) is 49.6. The van der Waals surface area contributed by atoms with Gasteiger partial charge in [-0.05, 0) is 18.8 Å². The minimum absolute atomic E-state index is 0.0412. The van der Waals surface area contributed by atoms with Crippen LogP contribution >= 0.6 is 0 Å². The van der Waals surface area contributed by atoms with Gasteiger partial charge >= 0.3 is 0 Å². The highest BCUT2D eigenvalue weighted by atomic mass is 16.5. The molecule has 3 amide bonds. The molecular formula is C29H46N4O6. The summed E-state index contributed by atoms with van der Waals surface area (Å²) < 4.78 is 12.1. The number of hydrogen-bond donors (Lipinski definition) is 1. The van der Waals surface area contributed by atoms with Gasteiger partial charge in [-0.2, -0.15) is 0 Å². The van der Waals surface area contributed by atoms with Crippen LogP contribution in [0.5, 0.6) is 0 Å². The van der Waals surface area contributed by atoms with Crippen LogP contribution in [0.2, 0.25) is 0 Å². The van der Waals surface area contributed by atoms with E-state index in [1.54, 1.807) is 33.9 Å². The number of nitrogens with zero attached hydrogens (tertiary/aromatic N) is 4. The average molecular weight is 547 g/mol. The molecule has 0 radical (unpaired) electrons. The van der Waals surface area contributed by atoms with E-state index in [4.69, 9.17) is 9.47 Å². The van der Waals surface area contributed by atoms with Gasteiger partial charge in [0.2, 0.25) is 17.7 Å². The first-order valence-electron chi connectivity index (χ1n) is 14.4. The highest BCUT2D eigenvalue weighted by Crippen LogP contribution is 2.59. The quantitative estimate of drug-likeness (QED) is 0.340. The normalized spacial score (nSPS) is 31.6. The Hall–Kier alpha value is -2.27. The van der Waals surface area contributed by atoms with E-state index in [0.29, 0.717) is 52.2 Å². The number of likely N-dealkylation sites (tertiary alicyclic amines) is 1. The van der Waals surface area contributed by atoms with Crippen LogP contribution in [0.15, 0.2) is 25.3 Å². The minimum Gasteiger partial charge on any atom is -0.394 e. The minimum atomic E-state index is -1.09. The van der Waals surface area contributed by atoms with Crippen molar-refractivity contribution in [3.05, 3.63) is 25.3 Å². The van der Waals surface area contributed by atoms with Crippen molar-refractivity contribution in [2.45, 2.75) is 56.9 Å². The van der Waals surface area contributed by atoms with Gasteiger partial charge in [-0.15, -0.1) is 13.2 Å². The maximum atomic E-state index is 14.5. The van der Waals surface area contributed by atoms with Gasteiger partial charge in [-0.25, -0.2) is 0 Å². The largest absolute Gasteiger partial charge is 0.394 e. The lowest BCUT2D eigenvalue weighted by atomic mass is 9.70. The lowest BCUT2D eigenvalue weighted by Gasteiger charge is -2.41. The van der Waals surface area contributed by atoms with Gasteiger partial charge in [-0.3, -0.25) is 19.3 Å². The molecule has 4 saturated heterocycles. The number of likely N-dealkylation sites (N-methyl/N-ethyl adjacent to an activating group) is 1. The highest BCUT2D eigenvalue weighted by Gasteiger charge is 2.75. The van der Waals surface area contributed by atoms with E-state index in [1.165, 1.54) is 0 Å². The van der Waals surface area contributed by atoms with E-state index in [-0.39, 0.29) is 30.2 Å². The summed E-state index contributed by atoms with van der Waals surface area (Å²) >= 11 is 0. The molecule has 0 aromatic rings. The molecule has 0 aromatic carbocycles. The summed E-state index contributed by atoms with van der Waals surface area (Å²) in [6.45, 7) is 16.2. The molecule has 1 N–H and O–H groups in total. The topological polar surface area (TPSA) is 103 Å². The number of amides is 3. The van der Waals surface area contributed by atoms with Crippen LogP contribution in [-0.2, 0) is 23.9 Å². The van der Waals surface area contributed by atoms with Gasteiger partial charge in [0, 0.05) is 46.3 Å². The molecule has 7 atom stereocenters. The monoisotopic (exact) mass is 546 g/mol. The van der Waals surface area contributed by atoms with Gasteiger partial charge < -0.3 is 29.3 Å². The zero-order valence-corrected chi connectivity index (χ0v) is 23.8. The lowest BCUT2D eigenvalue weighted by Crippen LogP contribution is -2.60. The Balaban J connectivity index is 1.70. The fourth-order valence-corrected chi connectivity index (χ4v) is 7.07. The van der Waals surface area contributed by atoms with E-state index in [2.05, 4.69) is 18.1 Å². The number of fused-ring (bicyclic) bond motifs is 1. The molecule has 4 aliphatic heterocycles. The van der Waals surface area contributed by atoms with Crippen LogP contribution in [0.4, 0.5) is 0 Å². The van der Waals surface area contributed by atoms with Crippen LogP contribution in [0.25, 0.3) is 0 Å². The van der Waals surface area contributed by atoms with Crippen LogP contribution in [-0.4, -0.2) is 132 Å². The predicted molar refractivity (Wildman–Crippen MR) is 147 cm³/mol. The van der Waals surface area contributed by atoms with Gasteiger partial charge in [0.1, 0.15) is 11.6 Å². The fourth-order valence-electron chi connectivity index (χ4n) is 7.07. The molecule has 0 aromatic heterocycles. The number of carbonyl (C=O) groups excluding carboxylic acids is 3. The van der Waals surface area contributed by atoms with Gasteiger partial charge in [-0.1, -0.05) is 32.4 Å². The predicted octanol–water partition coefficient (Wildman–Crippen LogP) is 0.759.